The van der Waals surface area contributed by atoms with Crippen molar-refractivity contribution in [3.8, 4) is 11.3 Å². The summed E-state index contributed by atoms with van der Waals surface area (Å²) in [6, 6.07) is 10.4. The predicted octanol–water partition coefficient (Wildman–Crippen LogP) is 3.13. The van der Waals surface area contributed by atoms with Crippen molar-refractivity contribution in [3.63, 3.8) is 0 Å². The van der Waals surface area contributed by atoms with Crippen molar-refractivity contribution in [3.05, 3.63) is 34.8 Å². The second kappa shape index (κ2) is 6.21. The van der Waals surface area contributed by atoms with Crippen LogP contribution in [0.1, 0.15) is 13.8 Å². The molecule has 1 aromatic carbocycles. The second-order valence-corrected chi connectivity index (χ2v) is 5.58. The van der Waals surface area contributed by atoms with Crippen molar-refractivity contribution in [2.24, 2.45) is 0 Å². The number of aromatic nitrogens is 2. The molecule has 4 nitrogen and oxygen atoms in total. The van der Waals surface area contributed by atoms with Crippen LogP contribution in [0.2, 0.25) is 0 Å². The number of anilines is 1. The van der Waals surface area contributed by atoms with Gasteiger partial charge in [-0.15, -0.1) is 0 Å². The van der Waals surface area contributed by atoms with Gasteiger partial charge in [0, 0.05) is 22.1 Å². The second-order valence-electron chi connectivity index (χ2n) is 4.67. The third kappa shape index (κ3) is 3.58. The average molecular weight is 324 g/mol. The Hall–Kier alpha value is -1.33. The molecule has 0 amide bonds. The van der Waals surface area contributed by atoms with E-state index < -0.39 is 0 Å². The number of aliphatic hydroxyl groups is 1. The molecule has 2 aromatic rings. The Labute approximate surface area is 121 Å². The summed E-state index contributed by atoms with van der Waals surface area (Å²) in [6.45, 7) is 4.73. The predicted molar refractivity (Wildman–Crippen MR) is 81.2 cm³/mol. The van der Waals surface area contributed by atoms with Crippen LogP contribution in [-0.2, 0) is 6.54 Å². The number of nitrogens with one attached hydrogen (secondary N) is 1. The van der Waals surface area contributed by atoms with Gasteiger partial charge in [-0.2, -0.15) is 5.10 Å². The van der Waals surface area contributed by atoms with E-state index in [1.807, 2.05) is 30.3 Å². The Bertz CT molecular complexity index is 534. The summed E-state index contributed by atoms with van der Waals surface area (Å²) >= 11 is 3.42. The molecule has 0 aliphatic heterocycles. The number of hydrogen-bond acceptors (Lipinski definition) is 3. The average Bonchev–Trinajstić information content (AvgIpc) is 2.73. The van der Waals surface area contributed by atoms with E-state index in [2.05, 4.69) is 40.2 Å². The summed E-state index contributed by atoms with van der Waals surface area (Å²) in [7, 11) is 0. The molecule has 1 aromatic heterocycles. The maximum Gasteiger partial charge on any atom is 0.125 e. The van der Waals surface area contributed by atoms with E-state index in [0.717, 1.165) is 21.5 Å². The van der Waals surface area contributed by atoms with E-state index in [1.165, 1.54) is 0 Å². The van der Waals surface area contributed by atoms with E-state index in [9.17, 15) is 0 Å². The van der Waals surface area contributed by atoms with Gasteiger partial charge in [0.15, 0.2) is 0 Å². The van der Waals surface area contributed by atoms with Crippen molar-refractivity contribution in [1.82, 2.24) is 9.78 Å². The van der Waals surface area contributed by atoms with E-state index in [-0.39, 0.29) is 6.61 Å². The maximum absolute atomic E-state index is 9.10. The van der Waals surface area contributed by atoms with Gasteiger partial charge < -0.3 is 10.4 Å². The Balaban J connectivity index is 2.33. The van der Waals surface area contributed by atoms with Crippen LogP contribution in [-0.4, -0.2) is 27.5 Å². The number of nitrogens with zero attached hydrogens (tertiary/aromatic N) is 2. The SMILES string of the molecule is CC(C)Nc1cc(-c2ccc(Br)cc2)nn1CCO. The summed E-state index contributed by atoms with van der Waals surface area (Å²) in [5.41, 5.74) is 1.97. The molecule has 0 fully saturated rings. The lowest BCUT2D eigenvalue weighted by atomic mass is 10.1. The number of aliphatic hydroxyl groups excluding tert-OH is 1. The zero-order valence-electron chi connectivity index (χ0n) is 11.1. The first-order chi connectivity index (χ1) is 9.10. The highest BCUT2D eigenvalue weighted by Gasteiger charge is 2.10. The van der Waals surface area contributed by atoms with Crippen LogP contribution in [0, 0.1) is 0 Å². The summed E-state index contributed by atoms with van der Waals surface area (Å²) in [4.78, 5) is 0. The Kier molecular flexibility index (Phi) is 4.61. The fourth-order valence-corrected chi connectivity index (χ4v) is 2.12. The molecule has 19 heavy (non-hydrogen) atoms. The normalized spacial score (nSPS) is 11.0. The zero-order valence-corrected chi connectivity index (χ0v) is 12.7. The minimum absolute atomic E-state index is 0.0776. The van der Waals surface area contributed by atoms with Gasteiger partial charge in [-0.1, -0.05) is 28.1 Å². The van der Waals surface area contributed by atoms with E-state index in [1.54, 1.807) is 4.68 Å². The third-order valence-electron chi connectivity index (χ3n) is 2.67. The first-order valence-corrected chi connectivity index (χ1v) is 7.10. The lowest BCUT2D eigenvalue weighted by Gasteiger charge is -2.10. The summed E-state index contributed by atoms with van der Waals surface area (Å²) < 4.78 is 2.85. The summed E-state index contributed by atoms with van der Waals surface area (Å²) in [5, 5.41) is 17.0. The van der Waals surface area contributed by atoms with Gasteiger partial charge in [-0.25, -0.2) is 4.68 Å². The van der Waals surface area contributed by atoms with Crippen molar-refractivity contribution in [2.75, 3.05) is 11.9 Å². The van der Waals surface area contributed by atoms with Crippen LogP contribution in [0.25, 0.3) is 11.3 Å². The Morgan fingerprint density at radius 3 is 2.58 bits per heavy atom. The van der Waals surface area contributed by atoms with Gasteiger partial charge in [0.25, 0.3) is 0 Å². The molecule has 0 aliphatic carbocycles. The van der Waals surface area contributed by atoms with Crippen molar-refractivity contribution >= 4 is 21.7 Å². The van der Waals surface area contributed by atoms with Crippen molar-refractivity contribution in [2.45, 2.75) is 26.4 Å². The van der Waals surface area contributed by atoms with Gasteiger partial charge in [-0.05, 0) is 26.0 Å². The molecule has 0 unspecified atom stereocenters. The van der Waals surface area contributed by atoms with Crippen LogP contribution in [0.3, 0.4) is 0 Å². The first kappa shape index (κ1) is 14.1. The molecule has 2 rings (SSSR count). The molecule has 1 heterocycles. The van der Waals surface area contributed by atoms with Crippen molar-refractivity contribution < 1.29 is 5.11 Å². The minimum atomic E-state index is 0.0776. The van der Waals surface area contributed by atoms with Crippen molar-refractivity contribution in [1.29, 1.82) is 0 Å². The number of benzene rings is 1. The van der Waals surface area contributed by atoms with Crippen LogP contribution < -0.4 is 5.32 Å². The van der Waals surface area contributed by atoms with E-state index >= 15 is 0 Å². The molecule has 0 bridgehead atoms. The Morgan fingerprint density at radius 1 is 1.32 bits per heavy atom. The minimum Gasteiger partial charge on any atom is -0.394 e. The van der Waals surface area contributed by atoms with Gasteiger partial charge >= 0.3 is 0 Å². The fourth-order valence-electron chi connectivity index (χ4n) is 1.86. The molecule has 0 spiro atoms. The largest absolute Gasteiger partial charge is 0.394 e. The number of halogens is 1. The monoisotopic (exact) mass is 323 g/mol. The summed E-state index contributed by atoms with van der Waals surface area (Å²) in [5.74, 6) is 0.932. The number of hydrogen-bond donors (Lipinski definition) is 2. The zero-order chi connectivity index (χ0) is 13.8. The smallest absolute Gasteiger partial charge is 0.125 e. The first-order valence-electron chi connectivity index (χ1n) is 6.31. The molecule has 2 N–H and O–H groups in total. The molecule has 5 heteroatoms. The summed E-state index contributed by atoms with van der Waals surface area (Å²) in [6.07, 6.45) is 0. The van der Waals surface area contributed by atoms with Gasteiger partial charge in [0.05, 0.1) is 18.8 Å². The standard InChI is InChI=1S/C14H18BrN3O/c1-10(2)16-14-9-13(17-18(14)7-8-19)11-3-5-12(15)6-4-11/h3-6,9-10,16,19H,7-8H2,1-2H3. The molecule has 0 saturated carbocycles. The Morgan fingerprint density at radius 2 is 2.00 bits per heavy atom. The van der Waals surface area contributed by atoms with Crippen LogP contribution >= 0.6 is 15.9 Å². The van der Waals surface area contributed by atoms with E-state index in [4.69, 9.17) is 5.11 Å². The third-order valence-corrected chi connectivity index (χ3v) is 3.20. The van der Waals surface area contributed by atoms with Gasteiger partial charge in [-0.3, -0.25) is 0 Å². The molecule has 102 valence electrons. The van der Waals surface area contributed by atoms with Gasteiger partial charge in [0.1, 0.15) is 5.82 Å². The van der Waals surface area contributed by atoms with Gasteiger partial charge in [0.2, 0.25) is 0 Å². The van der Waals surface area contributed by atoms with Crippen LogP contribution in [0.15, 0.2) is 34.8 Å². The molecule has 0 radical (unpaired) electrons. The van der Waals surface area contributed by atoms with Crippen LogP contribution in [0.4, 0.5) is 5.82 Å². The highest BCUT2D eigenvalue weighted by atomic mass is 79.9. The molecular formula is C14H18BrN3O. The number of rotatable bonds is 5. The molecule has 0 atom stereocenters. The highest BCUT2D eigenvalue weighted by Crippen LogP contribution is 2.24. The molecule has 0 saturated heterocycles. The topological polar surface area (TPSA) is 50.1 Å². The lowest BCUT2D eigenvalue weighted by Crippen LogP contribution is -2.15. The highest BCUT2D eigenvalue weighted by molar-refractivity contribution is 9.10. The molecular weight excluding hydrogens is 306 g/mol. The fraction of sp³-hybridized carbons (Fsp3) is 0.357. The molecule has 0 aliphatic rings. The maximum atomic E-state index is 9.10. The van der Waals surface area contributed by atoms with E-state index in [0.29, 0.717) is 12.6 Å². The quantitative estimate of drug-likeness (QED) is 0.888. The van der Waals surface area contributed by atoms with Crippen LogP contribution in [0.5, 0.6) is 0 Å². The lowest BCUT2D eigenvalue weighted by molar-refractivity contribution is 0.270.